The first-order chi connectivity index (χ1) is 11.2. The lowest BCUT2D eigenvalue weighted by atomic mass is 9.96. The van der Waals surface area contributed by atoms with Crippen molar-refractivity contribution in [3.8, 4) is 11.5 Å². The molecule has 1 aliphatic rings. The molecule has 3 rings (SSSR count). The van der Waals surface area contributed by atoms with Crippen molar-refractivity contribution < 1.29 is 19.0 Å². The molecule has 0 saturated carbocycles. The molecule has 0 N–H and O–H groups in total. The van der Waals surface area contributed by atoms with Crippen LogP contribution in [0.1, 0.15) is 11.1 Å². The van der Waals surface area contributed by atoms with Crippen LogP contribution in [0.2, 0.25) is 0 Å². The van der Waals surface area contributed by atoms with E-state index in [0.717, 1.165) is 28.2 Å². The van der Waals surface area contributed by atoms with Crippen LogP contribution in [0.15, 0.2) is 66.4 Å². The lowest BCUT2D eigenvalue weighted by Gasteiger charge is -2.12. The van der Waals surface area contributed by atoms with Crippen molar-refractivity contribution >= 4 is 11.5 Å². The quantitative estimate of drug-likeness (QED) is 0.810. The summed E-state index contributed by atoms with van der Waals surface area (Å²) >= 11 is 0. The molecule has 0 aliphatic carbocycles. The van der Waals surface area contributed by atoms with Crippen LogP contribution in [-0.2, 0) is 9.53 Å². The number of carbonyl (C=O) groups excluding carboxylic acids is 1. The molecule has 0 radical (unpaired) electrons. The predicted molar refractivity (Wildman–Crippen MR) is 87.2 cm³/mol. The van der Waals surface area contributed by atoms with Crippen molar-refractivity contribution in [2.45, 2.75) is 0 Å². The first-order valence-electron chi connectivity index (χ1n) is 7.14. The van der Waals surface area contributed by atoms with E-state index in [9.17, 15) is 4.79 Å². The van der Waals surface area contributed by atoms with Gasteiger partial charge in [-0.15, -0.1) is 0 Å². The highest BCUT2D eigenvalue weighted by atomic mass is 16.5. The van der Waals surface area contributed by atoms with Crippen LogP contribution in [0.5, 0.6) is 11.5 Å². The Morgan fingerprint density at radius 2 is 1.26 bits per heavy atom. The summed E-state index contributed by atoms with van der Waals surface area (Å²) in [6, 6.07) is 15.2. The van der Waals surface area contributed by atoms with Gasteiger partial charge in [0.15, 0.2) is 0 Å². The van der Waals surface area contributed by atoms with Crippen LogP contribution in [0.3, 0.4) is 0 Å². The second kappa shape index (κ2) is 6.40. The summed E-state index contributed by atoms with van der Waals surface area (Å²) in [5, 5.41) is 0. The lowest BCUT2D eigenvalue weighted by molar-refractivity contribution is -0.132. The molecule has 0 bridgehead atoms. The molecule has 4 nitrogen and oxygen atoms in total. The largest absolute Gasteiger partial charge is 0.497 e. The molecule has 0 amide bonds. The number of hydrogen-bond donors (Lipinski definition) is 0. The van der Waals surface area contributed by atoms with Crippen LogP contribution in [0.4, 0.5) is 0 Å². The van der Waals surface area contributed by atoms with E-state index in [1.165, 1.54) is 6.08 Å². The van der Waals surface area contributed by atoms with Gasteiger partial charge in [0, 0.05) is 11.6 Å². The Hall–Kier alpha value is -3.01. The maximum Gasteiger partial charge on any atom is 0.336 e. The summed E-state index contributed by atoms with van der Waals surface area (Å²) in [6.07, 6.45) is 3.11. The first-order valence-corrected chi connectivity index (χ1v) is 7.14. The minimum atomic E-state index is -0.362. The molecule has 0 aromatic heterocycles. The number of esters is 1. The molecule has 0 spiro atoms. The van der Waals surface area contributed by atoms with Gasteiger partial charge in [-0.2, -0.15) is 0 Å². The number of methoxy groups -OCH3 is 2. The third-order valence-corrected chi connectivity index (χ3v) is 3.59. The number of cyclic esters (lactones) is 1. The normalized spacial score (nSPS) is 13.0. The summed E-state index contributed by atoms with van der Waals surface area (Å²) in [4.78, 5) is 11.4. The van der Waals surface area contributed by atoms with Crippen LogP contribution in [0, 0.1) is 0 Å². The van der Waals surface area contributed by atoms with Gasteiger partial charge in [0.05, 0.1) is 14.2 Å². The maximum atomic E-state index is 11.4. The third kappa shape index (κ3) is 3.11. The Morgan fingerprint density at radius 3 is 1.61 bits per heavy atom. The van der Waals surface area contributed by atoms with E-state index in [4.69, 9.17) is 14.2 Å². The minimum absolute atomic E-state index is 0.362. The second-order valence-corrected chi connectivity index (χ2v) is 4.95. The van der Waals surface area contributed by atoms with Crippen LogP contribution < -0.4 is 9.47 Å². The predicted octanol–water partition coefficient (Wildman–Crippen LogP) is 3.58. The molecule has 2 aromatic carbocycles. The molecule has 0 unspecified atom stereocenters. The molecule has 2 aromatic rings. The van der Waals surface area contributed by atoms with Gasteiger partial charge in [0.2, 0.25) is 0 Å². The highest BCUT2D eigenvalue weighted by Gasteiger charge is 2.18. The van der Waals surface area contributed by atoms with Crippen molar-refractivity contribution in [2.24, 2.45) is 0 Å². The smallest absolute Gasteiger partial charge is 0.336 e. The van der Waals surface area contributed by atoms with Gasteiger partial charge in [-0.25, -0.2) is 4.79 Å². The summed E-state index contributed by atoms with van der Waals surface area (Å²) < 4.78 is 15.7. The van der Waals surface area contributed by atoms with Gasteiger partial charge in [0.25, 0.3) is 0 Å². The number of carbonyl (C=O) groups is 1. The SMILES string of the molecule is COc1ccc(C(=C2C=CC(=O)O2)c2ccc(OC)cc2)cc1. The minimum Gasteiger partial charge on any atom is -0.497 e. The molecular weight excluding hydrogens is 292 g/mol. The fraction of sp³-hybridized carbons (Fsp3) is 0.105. The van der Waals surface area contributed by atoms with Crippen molar-refractivity contribution in [3.05, 3.63) is 77.6 Å². The number of ether oxygens (including phenoxy) is 3. The molecule has 1 aliphatic heterocycles. The zero-order valence-corrected chi connectivity index (χ0v) is 12.9. The number of allylic oxidation sites excluding steroid dienone is 1. The van der Waals surface area contributed by atoms with Crippen molar-refractivity contribution in [1.82, 2.24) is 0 Å². The zero-order valence-electron chi connectivity index (χ0n) is 12.9. The van der Waals surface area contributed by atoms with Crippen LogP contribution in [0.25, 0.3) is 5.57 Å². The van der Waals surface area contributed by atoms with Crippen molar-refractivity contribution in [2.75, 3.05) is 14.2 Å². The van der Waals surface area contributed by atoms with E-state index in [0.29, 0.717) is 5.76 Å². The monoisotopic (exact) mass is 308 g/mol. The summed E-state index contributed by atoms with van der Waals surface area (Å²) in [5.74, 6) is 1.71. The van der Waals surface area contributed by atoms with Gasteiger partial charge in [-0.05, 0) is 41.5 Å². The van der Waals surface area contributed by atoms with Gasteiger partial charge < -0.3 is 14.2 Å². The molecule has 0 saturated heterocycles. The molecule has 1 heterocycles. The third-order valence-electron chi connectivity index (χ3n) is 3.59. The Labute approximate surface area is 134 Å². The fourth-order valence-corrected chi connectivity index (χ4v) is 2.42. The average Bonchev–Trinajstić information content (AvgIpc) is 3.02. The Morgan fingerprint density at radius 1 is 0.783 bits per heavy atom. The standard InChI is InChI=1S/C19H16O4/c1-21-15-7-3-13(4-8-15)19(17-11-12-18(20)23-17)14-5-9-16(22-2)10-6-14/h3-12H,1-2H3. The van der Waals surface area contributed by atoms with Crippen LogP contribution in [-0.4, -0.2) is 20.2 Å². The molecule has 0 fully saturated rings. The summed E-state index contributed by atoms with van der Waals surface area (Å²) in [6.45, 7) is 0. The van der Waals surface area contributed by atoms with Crippen LogP contribution >= 0.6 is 0 Å². The fourth-order valence-electron chi connectivity index (χ4n) is 2.42. The number of benzene rings is 2. The Bertz CT molecular complexity index is 719. The van der Waals surface area contributed by atoms with Gasteiger partial charge in [-0.1, -0.05) is 24.3 Å². The molecule has 0 atom stereocenters. The van der Waals surface area contributed by atoms with E-state index < -0.39 is 0 Å². The van der Waals surface area contributed by atoms with Crippen molar-refractivity contribution in [3.63, 3.8) is 0 Å². The Kier molecular flexibility index (Phi) is 4.15. The van der Waals surface area contributed by atoms with Gasteiger partial charge >= 0.3 is 5.97 Å². The summed E-state index contributed by atoms with van der Waals surface area (Å²) in [7, 11) is 3.25. The average molecular weight is 308 g/mol. The molecular formula is C19H16O4. The lowest BCUT2D eigenvalue weighted by Crippen LogP contribution is -1.97. The van der Waals surface area contributed by atoms with Gasteiger partial charge in [0.1, 0.15) is 17.3 Å². The zero-order chi connectivity index (χ0) is 16.2. The van der Waals surface area contributed by atoms with Crippen molar-refractivity contribution in [1.29, 1.82) is 0 Å². The number of rotatable bonds is 4. The van der Waals surface area contributed by atoms with E-state index in [-0.39, 0.29) is 5.97 Å². The van der Waals surface area contributed by atoms with E-state index >= 15 is 0 Å². The highest BCUT2D eigenvalue weighted by molar-refractivity contribution is 5.92. The second-order valence-electron chi connectivity index (χ2n) is 4.95. The van der Waals surface area contributed by atoms with E-state index in [1.54, 1.807) is 20.3 Å². The summed E-state index contributed by atoms with van der Waals surface area (Å²) in [5.41, 5.74) is 2.72. The Balaban J connectivity index is 2.10. The number of hydrogen-bond acceptors (Lipinski definition) is 4. The molecule has 4 heteroatoms. The highest BCUT2D eigenvalue weighted by Crippen LogP contribution is 2.32. The topological polar surface area (TPSA) is 44.8 Å². The van der Waals surface area contributed by atoms with Gasteiger partial charge in [-0.3, -0.25) is 0 Å². The maximum absolute atomic E-state index is 11.4. The molecule has 116 valence electrons. The molecule has 23 heavy (non-hydrogen) atoms. The van der Waals surface area contributed by atoms with E-state index in [1.807, 2.05) is 48.5 Å². The first kappa shape index (κ1) is 14.9. The van der Waals surface area contributed by atoms with E-state index in [2.05, 4.69) is 0 Å².